The number of carbonyl (C=O) groups is 2. The van der Waals surface area contributed by atoms with Crippen molar-refractivity contribution in [3.05, 3.63) is 29.1 Å². The fourth-order valence-corrected chi connectivity index (χ4v) is 6.32. The highest BCUT2D eigenvalue weighted by molar-refractivity contribution is 5.88. The Kier molecular flexibility index (Phi) is 5.40. The molecule has 6 nitrogen and oxygen atoms in total. The van der Waals surface area contributed by atoms with Gasteiger partial charge in [0.1, 0.15) is 11.9 Å². The molecule has 168 valence electrons. The number of piperazine rings is 1. The summed E-state index contributed by atoms with van der Waals surface area (Å²) in [6, 6.07) is 4.26. The number of nitrogens with one attached hydrogen (secondary N) is 2. The lowest BCUT2D eigenvalue weighted by Crippen LogP contribution is -2.66. The van der Waals surface area contributed by atoms with Crippen LogP contribution in [0, 0.1) is 12.7 Å². The van der Waals surface area contributed by atoms with Gasteiger partial charge in [0, 0.05) is 61.9 Å². The van der Waals surface area contributed by atoms with E-state index in [1.165, 1.54) is 6.07 Å². The van der Waals surface area contributed by atoms with Gasteiger partial charge in [-0.2, -0.15) is 0 Å². The highest BCUT2D eigenvalue weighted by atomic mass is 19.1. The van der Waals surface area contributed by atoms with Crippen LogP contribution in [0.1, 0.15) is 56.6 Å². The SMILES string of the molecule is CC(=O)N1CC2CCC1CN2[C@@H]1CCC[C@@H](NC(=O)C2Cc3c(F)ccc(C)c3N2)C1. The van der Waals surface area contributed by atoms with E-state index in [-0.39, 0.29) is 23.7 Å². The average molecular weight is 429 g/mol. The minimum absolute atomic E-state index is 0.0245. The number of halogens is 1. The van der Waals surface area contributed by atoms with E-state index in [2.05, 4.69) is 20.4 Å². The first-order chi connectivity index (χ1) is 14.9. The lowest BCUT2D eigenvalue weighted by Gasteiger charge is -2.54. The standard InChI is InChI=1S/C24H33FN4O2/c1-14-6-9-21(25)20-11-22(27-23(14)20)24(31)26-16-4-3-5-17(10-16)29-13-18-7-8-19(29)12-28(18)15(2)30/h6,9,16-19,22,27H,3-5,7-8,10-13H2,1-2H3,(H,26,31)/t16-,17-,18?,19?,22?/m1/s1. The lowest BCUT2D eigenvalue weighted by molar-refractivity contribution is -0.141. The molecule has 1 aromatic carbocycles. The number of fused-ring (bicyclic) bond motifs is 4. The molecule has 7 heteroatoms. The van der Waals surface area contributed by atoms with E-state index in [0.29, 0.717) is 30.1 Å². The van der Waals surface area contributed by atoms with Gasteiger partial charge in [-0.15, -0.1) is 0 Å². The van der Waals surface area contributed by atoms with Crippen LogP contribution in [0.25, 0.3) is 0 Å². The van der Waals surface area contributed by atoms with Gasteiger partial charge in [-0.05, 0) is 57.1 Å². The molecule has 0 aromatic heterocycles. The predicted octanol–water partition coefficient (Wildman–Crippen LogP) is 2.59. The molecule has 2 amide bonds. The number of rotatable bonds is 3. The first-order valence-corrected chi connectivity index (χ1v) is 11.8. The maximum atomic E-state index is 14.2. The Morgan fingerprint density at radius 3 is 2.61 bits per heavy atom. The van der Waals surface area contributed by atoms with Gasteiger partial charge in [-0.1, -0.05) is 6.07 Å². The Morgan fingerprint density at radius 2 is 1.90 bits per heavy atom. The zero-order valence-electron chi connectivity index (χ0n) is 18.5. The number of hydrogen-bond acceptors (Lipinski definition) is 4. The zero-order valence-corrected chi connectivity index (χ0v) is 18.5. The van der Waals surface area contributed by atoms with Gasteiger partial charge < -0.3 is 15.5 Å². The number of carbonyl (C=O) groups excluding carboxylic acids is 2. The van der Waals surface area contributed by atoms with Gasteiger partial charge in [-0.3, -0.25) is 14.5 Å². The molecule has 5 atom stereocenters. The number of nitrogens with zero attached hydrogens (tertiary/aromatic N) is 2. The Hall–Kier alpha value is -2.15. The van der Waals surface area contributed by atoms with Gasteiger partial charge in [0.25, 0.3) is 0 Å². The summed E-state index contributed by atoms with van der Waals surface area (Å²) in [6.45, 7) is 5.44. The Labute approximate surface area is 183 Å². The molecule has 1 saturated carbocycles. The van der Waals surface area contributed by atoms with Gasteiger partial charge in [0.15, 0.2) is 0 Å². The van der Waals surface area contributed by atoms with E-state index < -0.39 is 6.04 Å². The summed E-state index contributed by atoms with van der Waals surface area (Å²) < 4.78 is 14.2. The lowest BCUT2D eigenvalue weighted by atomic mass is 9.84. The van der Waals surface area contributed by atoms with Crippen LogP contribution in [0.2, 0.25) is 0 Å². The van der Waals surface area contributed by atoms with Crippen LogP contribution in [0.15, 0.2) is 12.1 Å². The van der Waals surface area contributed by atoms with Crippen molar-refractivity contribution in [2.45, 2.75) is 89.0 Å². The van der Waals surface area contributed by atoms with E-state index in [4.69, 9.17) is 0 Å². The number of anilines is 1. The van der Waals surface area contributed by atoms with Crippen LogP contribution in [-0.4, -0.2) is 64.9 Å². The van der Waals surface area contributed by atoms with Crippen molar-refractivity contribution in [1.29, 1.82) is 0 Å². The second-order valence-electron chi connectivity index (χ2n) is 9.90. The van der Waals surface area contributed by atoms with Crippen LogP contribution < -0.4 is 10.6 Å². The average Bonchev–Trinajstić information content (AvgIpc) is 3.24. The third-order valence-electron chi connectivity index (χ3n) is 7.95. The maximum absolute atomic E-state index is 14.2. The molecule has 0 radical (unpaired) electrons. The van der Waals surface area contributed by atoms with Crippen LogP contribution in [-0.2, 0) is 16.0 Å². The van der Waals surface area contributed by atoms with E-state index in [1.54, 1.807) is 13.0 Å². The van der Waals surface area contributed by atoms with Crippen molar-refractivity contribution in [2.75, 3.05) is 18.4 Å². The highest BCUT2D eigenvalue weighted by Crippen LogP contribution is 2.35. The number of piperidine rings is 2. The minimum atomic E-state index is -0.402. The molecule has 5 aliphatic rings. The van der Waals surface area contributed by atoms with Crippen LogP contribution in [0.3, 0.4) is 0 Å². The largest absolute Gasteiger partial charge is 0.373 e. The van der Waals surface area contributed by atoms with Crippen molar-refractivity contribution in [3.63, 3.8) is 0 Å². The molecule has 4 heterocycles. The molecule has 4 aliphatic heterocycles. The van der Waals surface area contributed by atoms with Gasteiger partial charge >= 0.3 is 0 Å². The number of benzene rings is 1. The third-order valence-corrected chi connectivity index (χ3v) is 7.95. The summed E-state index contributed by atoms with van der Waals surface area (Å²) in [5.74, 6) is -0.0654. The first kappa shape index (κ1) is 20.7. The van der Waals surface area contributed by atoms with Gasteiger partial charge in [0.05, 0.1) is 0 Å². The molecule has 3 saturated heterocycles. The third kappa shape index (κ3) is 3.81. The van der Waals surface area contributed by atoms with Crippen molar-refractivity contribution in [2.24, 2.45) is 0 Å². The maximum Gasteiger partial charge on any atom is 0.243 e. The molecule has 6 rings (SSSR count). The monoisotopic (exact) mass is 428 g/mol. The van der Waals surface area contributed by atoms with E-state index in [9.17, 15) is 14.0 Å². The molecule has 4 fully saturated rings. The fourth-order valence-electron chi connectivity index (χ4n) is 6.32. The summed E-state index contributed by atoms with van der Waals surface area (Å²) in [5, 5.41) is 6.50. The quantitative estimate of drug-likeness (QED) is 0.777. The number of amides is 2. The van der Waals surface area contributed by atoms with Crippen LogP contribution >= 0.6 is 0 Å². The van der Waals surface area contributed by atoms with Crippen molar-refractivity contribution >= 4 is 17.5 Å². The molecule has 2 N–H and O–H groups in total. The summed E-state index contributed by atoms with van der Waals surface area (Å²) >= 11 is 0. The molecule has 1 aromatic rings. The first-order valence-electron chi connectivity index (χ1n) is 11.8. The van der Waals surface area contributed by atoms with E-state index in [0.717, 1.165) is 62.9 Å². The normalized spacial score (nSPS) is 32.5. The Morgan fingerprint density at radius 1 is 1.10 bits per heavy atom. The molecule has 2 bridgehead atoms. The smallest absolute Gasteiger partial charge is 0.243 e. The second kappa shape index (κ2) is 8.08. The van der Waals surface area contributed by atoms with Crippen LogP contribution in [0.5, 0.6) is 0 Å². The molecule has 31 heavy (non-hydrogen) atoms. The van der Waals surface area contributed by atoms with E-state index >= 15 is 0 Å². The van der Waals surface area contributed by atoms with Crippen molar-refractivity contribution < 1.29 is 14.0 Å². The molecule has 1 aliphatic carbocycles. The minimum Gasteiger partial charge on any atom is -0.373 e. The molecular formula is C24H33FN4O2. The zero-order chi connectivity index (χ0) is 21.7. The van der Waals surface area contributed by atoms with Gasteiger partial charge in [-0.25, -0.2) is 4.39 Å². The van der Waals surface area contributed by atoms with Crippen molar-refractivity contribution in [1.82, 2.24) is 15.1 Å². The Balaban J connectivity index is 1.19. The summed E-state index contributed by atoms with van der Waals surface area (Å²) in [4.78, 5) is 29.6. The summed E-state index contributed by atoms with van der Waals surface area (Å²) in [6.07, 6.45) is 6.90. The fraction of sp³-hybridized carbons (Fsp3) is 0.667. The Bertz CT molecular complexity index is 860. The van der Waals surface area contributed by atoms with Crippen LogP contribution in [0.4, 0.5) is 10.1 Å². The molecule has 0 spiro atoms. The topological polar surface area (TPSA) is 64.7 Å². The van der Waals surface area contributed by atoms with E-state index in [1.807, 2.05) is 6.92 Å². The number of hydrogen-bond donors (Lipinski definition) is 2. The summed E-state index contributed by atoms with van der Waals surface area (Å²) in [5.41, 5.74) is 2.38. The number of aryl methyl sites for hydroxylation is 1. The molecular weight excluding hydrogens is 395 g/mol. The van der Waals surface area contributed by atoms with Gasteiger partial charge in [0.2, 0.25) is 11.8 Å². The molecule has 3 unspecified atom stereocenters. The van der Waals surface area contributed by atoms with Crippen molar-refractivity contribution in [3.8, 4) is 0 Å². The second-order valence-corrected chi connectivity index (χ2v) is 9.90. The highest BCUT2D eigenvalue weighted by Gasteiger charge is 2.43. The summed E-state index contributed by atoms with van der Waals surface area (Å²) in [7, 11) is 0. The predicted molar refractivity (Wildman–Crippen MR) is 117 cm³/mol.